The normalized spacial score (nSPS) is 23.2. The molecular formula is C14H20N3O6P. The molecule has 1 aromatic heterocycles. The largest absolute Gasteiger partial charge is 0.463 e. The molecule has 0 saturated carbocycles. The van der Waals surface area contributed by atoms with Crippen molar-refractivity contribution in [3.63, 3.8) is 0 Å². The van der Waals surface area contributed by atoms with Crippen molar-refractivity contribution in [2.45, 2.75) is 44.1 Å². The van der Waals surface area contributed by atoms with Gasteiger partial charge in [-0.1, -0.05) is 9.24 Å². The Morgan fingerprint density at radius 1 is 1.50 bits per heavy atom. The van der Waals surface area contributed by atoms with Crippen LogP contribution in [0.15, 0.2) is 17.1 Å². The third-order valence-corrected chi connectivity index (χ3v) is 3.81. The van der Waals surface area contributed by atoms with Crippen LogP contribution >= 0.6 is 9.24 Å². The summed E-state index contributed by atoms with van der Waals surface area (Å²) in [5.74, 6) is -0.354. The maximum atomic E-state index is 11.8. The van der Waals surface area contributed by atoms with Crippen LogP contribution in [-0.4, -0.2) is 45.0 Å². The molecule has 1 aliphatic heterocycles. The minimum Gasteiger partial charge on any atom is -0.463 e. The van der Waals surface area contributed by atoms with E-state index < -0.39 is 30.1 Å². The molecule has 4 atom stereocenters. The summed E-state index contributed by atoms with van der Waals surface area (Å²) in [4.78, 5) is 37.7. The summed E-state index contributed by atoms with van der Waals surface area (Å²) in [6.45, 7) is -0.0294. The van der Waals surface area contributed by atoms with Crippen molar-refractivity contribution in [3.8, 4) is 0 Å². The number of carbonyl (C=O) groups is 2. The molecule has 10 heteroatoms. The van der Waals surface area contributed by atoms with Gasteiger partial charge in [0.2, 0.25) is 0 Å². The summed E-state index contributed by atoms with van der Waals surface area (Å²) < 4.78 is 11.8. The molecular weight excluding hydrogens is 337 g/mol. The molecule has 2 rings (SSSR count). The standard InChI is InChI=1S/C14H20N3O6P/c15-10-4-5-17(14(21)16-10)13-9(18)6-8(23-13)7-22-11(19)2-1-3-12(20)24/h4-5,8-9,13,18H,1-3,6-7,24H2,(H2,15,16,21). The average molecular weight is 357 g/mol. The molecule has 1 fully saturated rings. The van der Waals surface area contributed by atoms with E-state index in [1.54, 1.807) is 0 Å². The average Bonchev–Trinajstić information content (AvgIpc) is 2.86. The van der Waals surface area contributed by atoms with Crippen molar-refractivity contribution in [1.82, 2.24) is 9.55 Å². The van der Waals surface area contributed by atoms with E-state index in [9.17, 15) is 19.5 Å². The Morgan fingerprint density at radius 2 is 2.25 bits per heavy atom. The van der Waals surface area contributed by atoms with Crippen LogP contribution in [0.2, 0.25) is 0 Å². The monoisotopic (exact) mass is 357 g/mol. The number of nitrogens with zero attached hydrogens (tertiary/aromatic N) is 2. The minimum atomic E-state index is -0.924. The van der Waals surface area contributed by atoms with E-state index in [4.69, 9.17) is 15.2 Å². The van der Waals surface area contributed by atoms with Crippen LogP contribution in [0.5, 0.6) is 0 Å². The molecule has 24 heavy (non-hydrogen) atoms. The van der Waals surface area contributed by atoms with Crippen LogP contribution in [0.4, 0.5) is 5.82 Å². The molecule has 0 bridgehead atoms. The Bertz CT molecular complexity index is 664. The lowest BCUT2D eigenvalue weighted by Crippen LogP contribution is -2.31. The smallest absolute Gasteiger partial charge is 0.351 e. The van der Waals surface area contributed by atoms with Crippen molar-refractivity contribution in [3.05, 3.63) is 22.7 Å². The first-order valence-electron chi connectivity index (χ1n) is 7.49. The molecule has 3 N–H and O–H groups in total. The quantitative estimate of drug-likeness (QED) is 0.497. The van der Waals surface area contributed by atoms with Crippen molar-refractivity contribution in [1.29, 1.82) is 0 Å². The number of aromatic nitrogens is 2. The highest BCUT2D eigenvalue weighted by atomic mass is 31.0. The van der Waals surface area contributed by atoms with Gasteiger partial charge in [0.1, 0.15) is 24.1 Å². The molecule has 0 spiro atoms. The highest BCUT2D eigenvalue weighted by molar-refractivity contribution is 7.40. The summed E-state index contributed by atoms with van der Waals surface area (Å²) in [5.41, 5.74) is 4.73. The molecule has 2 heterocycles. The molecule has 1 saturated heterocycles. The number of anilines is 1. The van der Waals surface area contributed by atoms with Crippen LogP contribution in [0.1, 0.15) is 31.9 Å². The number of nitrogen functional groups attached to an aromatic ring is 1. The third kappa shape index (κ3) is 5.09. The van der Waals surface area contributed by atoms with Gasteiger partial charge in [-0.15, -0.1) is 0 Å². The number of rotatable bonds is 7. The van der Waals surface area contributed by atoms with Gasteiger partial charge in [-0.25, -0.2) is 4.79 Å². The highest BCUT2D eigenvalue weighted by Gasteiger charge is 2.36. The Kier molecular flexibility index (Phi) is 6.42. The lowest BCUT2D eigenvalue weighted by molar-refractivity contribution is -0.148. The van der Waals surface area contributed by atoms with E-state index in [2.05, 4.69) is 14.2 Å². The third-order valence-electron chi connectivity index (χ3n) is 3.53. The molecule has 1 aromatic rings. The molecule has 4 unspecified atom stereocenters. The van der Waals surface area contributed by atoms with Gasteiger partial charge < -0.3 is 20.3 Å². The van der Waals surface area contributed by atoms with E-state index in [1.165, 1.54) is 12.3 Å². The SMILES string of the molecule is Nc1ccn(C2OC(COC(=O)CCCC(=O)P)CC2O)c(=O)n1. The van der Waals surface area contributed by atoms with E-state index in [0.29, 0.717) is 12.8 Å². The van der Waals surface area contributed by atoms with Gasteiger partial charge in [-0.2, -0.15) is 4.98 Å². The fraction of sp³-hybridized carbons (Fsp3) is 0.571. The topological polar surface area (TPSA) is 134 Å². The Labute approximate surface area is 140 Å². The first-order valence-corrected chi connectivity index (χ1v) is 8.06. The number of esters is 1. The number of nitrogens with two attached hydrogens (primary N) is 1. The number of aliphatic hydroxyl groups is 1. The fourth-order valence-electron chi connectivity index (χ4n) is 2.37. The van der Waals surface area contributed by atoms with Gasteiger partial charge in [0, 0.05) is 25.5 Å². The molecule has 9 nitrogen and oxygen atoms in total. The zero-order valence-electron chi connectivity index (χ0n) is 13.0. The summed E-state index contributed by atoms with van der Waals surface area (Å²) >= 11 is 0. The van der Waals surface area contributed by atoms with Gasteiger partial charge in [0.05, 0.1) is 6.10 Å². The van der Waals surface area contributed by atoms with Crippen LogP contribution in [0.3, 0.4) is 0 Å². The van der Waals surface area contributed by atoms with E-state index in [1.807, 2.05) is 0 Å². The molecule has 0 aliphatic carbocycles. The number of aliphatic hydroxyl groups excluding tert-OH is 1. The lowest BCUT2D eigenvalue weighted by atomic mass is 10.2. The zero-order chi connectivity index (χ0) is 17.7. The van der Waals surface area contributed by atoms with Gasteiger partial charge in [-0.3, -0.25) is 14.2 Å². The first-order chi connectivity index (χ1) is 11.4. The molecule has 1 aliphatic rings. The van der Waals surface area contributed by atoms with Crippen molar-refractivity contribution in [2.24, 2.45) is 0 Å². The molecule has 0 aromatic carbocycles. The second-order valence-electron chi connectivity index (χ2n) is 5.50. The molecule has 132 valence electrons. The van der Waals surface area contributed by atoms with Crippen LogP contribution in [0, 0.1) is 0 Å². The summed E-state index contributed by atoms with van der Waals surface area (Å²) in [5, 5.41) is 10.1. The number of hydrogen-bond donors (Lipinski definition) is 2. The molecule has 0 radical (unpaired) electrons. The van der Waals surface area contributed by atoms with Crippen LogP contribution in [0.25, 0.3) is 0 Å². The van der Waals surface area contributed by atoms with E-state index in [0.717, 1.165) is 4.57 Å². The zero-order valence-corrected chi connectivity index (χ0v) is 14.1. The van der Waals surface area contributed by atoms with E-state index in [-0.39, 0.29) is 30.8 Å². The summed E-state index contributed by atoms with van der Waals surface area (Å²) in [7, 11) is 2.05. The maximum Gasteiger partial charge on any atom is 0.351 e. The predicted octanol–water partition coefficient (Wildman–Crippen LogP) is -0.411. The maximum absolute atomic E-state index is 11.8. The summed E-state index contributed by atoms with van der Waals surface area (Å²) in [6.07, 6.45) is 0.126. The highest BCUT2D eigenvalue weighted by Crippen LogP contribution is 2.28. The van der Waals surface area contributed by atoms with Crippen molar-refractivity contribution >= 4 is 26.6 Å². The molecule has 0 amide bonds. The second kappa shape index (κ2) is 8.32. The Morgan fingerprint density at radius 3 is 2.92 bits per heavy atom. The number of ether oxygens (including phenoxy) is 2. The minimum absolute atomic E-state index is 0.0294. The second-order valence-corrected chi connectivity index (χ2v) is 6.14. The number of hydrogen-bond acceptors (Lipinski definition) is 8. The van der Waals surface area contributed by atoms with Gasteiger partial charge >= 0.3 is 11.7 Å². The Balaban J connectivity index is 1.84. The van der Waals surface area contributed by atoms with Crippen LogP contribution in [-0.2, 0) is 19.1 Å². The first kappa shape index (κ1) is 18.5. The van der Waals surface area contributed by atoms with Crippen molar-refractivity contribution < 1.29 is 24.2 Å². The lowest BCUT2D eigenvalue weighted by Gasteiger charge is -2.17. The van der Waals surface area contributed by atoms with Gasteiger partial charge in [-0.05, 0) is 12.5 Å². The van der Waals surface area contributed by atoms with Gasteiger partial charge in [0.25, 0.3) is 0 Å². The Hall–Kier alpha value is -1.83. The van der Waals surface area contributed by atoms with Gasteiger partial charge in [0.15, 0.2) is 6.23 Å². The fourth-order valence-corrected chi connectivity index (χ4v) is 2.58. The predicted molar refractivity (Wildman–Crippen MR) is 87.0 cm³/mol. The number of carbonyl (C=O) groups excluding carboxylic acids is 2. The van der Waals surface area contributed by atoms with Crippen LogP contribution < -0.4 is 11.4 Å². The van der Waals surface area contributed by atoms with E-state index >= 15 is 0 Å². The summed E-state index contributed by atoms with van der Waals surface area (Å²) in [6, 6.07) is 1.43. The van der Waals surface area contributed by atoms with Crippen molar-refractivity contribution in [2.75, 3.05) is 12.3 Å².